The van der Waals surface area contributed by atoms with Gasteiger partial charge in [0.1, 0.15) is 0 Å². The molecule has 1 atom stereocenters. The minimum Gasteiger partial charge on any atom is -0.397 e. The molecule has 1 fully saturated rings. The lowest BCUT2D eigenvalue weighted by Gasteiger charge is -2.48. The van der Waals surface area contributed by atoms with E-state index in [1.807, 2.05) is 48.5 Å². The first-order valence-corrected chi connectivity index (χ1v) is 10.7. The number of nitrogen functional groups attached to an aromatic ring is 1. The molecule has 0 saturated carbocycles. The van der Waals surface area contributed by atoms with Gasteiger partial charge in [-0.15, -0.1) is 6.58 Å². The SMILES string of the molecule is C=C[C@@](c1ccccc1)(c1cccc(C#N)c1)N1CCN(C(=C)c2cncc(N)c2)CC1. The van der Waals surface area contributed by atoms with Gasteiger partial charge < -0.3 is 10.6 Å². The molecular weight excluding hydrogens is 394 g/mol. The van der Waals surface area contributed by atoms with E-state index in [0.29, 0.717) is 11.3 Å². The molecule has 2 N–H and O–H groups in total. The third-order valence-electron chi connectivity index (χ3n) is 6.19. The number of benzene rings is 2. The maximum Gasteiger partial charge on any atom is 0.0991 e. The molecule has 1 aromatic heterocycles. The Morgan fingerprint density at radius 3 is 2.38 bits per heavy atom. The predicted molar refractivity (Wildman–Crippen MR) is 129 cm³/mol. The highest BCUT2D eigenvalue weighted by molar-refractivity contribution is 5.64. The third-order valence-corrected chi connectivity index (χ3v) is 6.19. The third kappa shape index (κ3) is 3.89. The van der Waals surface area contributed by atoms with Crippen molar-refractivity contribution in [2.75, 3.05) is 31.9 Å². The Kier molecular flexibility index (Phi) is 6.07. The summed E-state index contributed by atoms with van der Waals surface area (Å²) in [6.45, 7) is 11.8. The molecule has 2 heterocycles. The van der Waals surface area contributed by atoms with Crippen molar-refractivity contribution in [2.24, 2.45) is 0 Å². The number of hydrogen-bond donors (Lipinski definition) is 1. The van der Waals surface area contributed by atoms with E-state index in [0.717, 1.165) is 48.6 Å². The standard InChI is InChI=1S/C27H27N5/c1-3-27(24-9-5-4-6-10-24,25-11-7-8-22(16-25)18-28)32-14-12-31(13-15-32)21(2)23-17-26(29)20-30-19-23/h3-11,16-17,19-20H,1-2,12-15,29H2/t27-/m1/s1. The lowest BCUT2D eigenvalue weighted by atomic mass is 9.80. The zero-order valence-electron chi connectivity index (χ0n) is 18.1. The number of rotatable bonds is 6. The van der Waals surface area contributed by atoms with Crippen LogP contribution >= 0.6 is 0 Å². The summed E-state index contributed by atoms with van der Waals surface area (Å²) in [7, 11) is 0. The van der Waals surface area contributed by atoms with Gasteiger partial charge in [0, 0.05) is 49.8 Å². The molecule has 0 bridgehead atoms. The van der Waals surface area contributed by atoms with Gasteiger partial charge in [0.05, 0.1) is 22.9 Å². The van der Waals surface area contributed by atoms with Crippen LogP contribution in [0.3, 0.4) is 0 Å². The number of anilines is 1. The van der Waals surface area contributed by atoms with Gasteiger partial charge in [0.2, 0.25) is 0 Å². The van der Waals surface area contributed by atoms with Gasteiger partial charge >= 0.3 is 0 Å². The van der Waals surface area contributed by atoms with E-state index >= 15 is 0 Å². The first-order valence-electron chi connectivity index (χ1n) is 10.7. The van der Waals surface area contributed by atoms with E-state index in [4.69, 9.17) is 5.73 Å². The Balaban J connectivity index is 1.66. The van der Waals surface area contributed by atoms with Crippen LogP contribution in [-0.2, 0) is 5.54 Å². The summed E-state index contributed by atoms with van der Waals surface area (Å²) < 4.78 is 0. The largest absolute Gasteiger partial charge is 0.397 e. The van der Waals surface area contributed by atoms with Gasteiger partial charge in [-0.05, 0) is 29.3 Å². The van der Waals surface area contributed by atoms with Crippen molar-refractivity contribution >= 4 is 11.4 Å². The zero-order valence-corrected chi connectivity index (χ0v) is 18.1. The van der Waals surface area contributed by atoms with Crippen molar-refractivity contribution in [3.05, 3.63) is 115 Å². The number of pyridine rings is 1. The number of piperazine rings is 1. The van der Waals surface area contributed by atoms with Gasteiger partial charge in [0.15, 0.2) is 0 Å². The Bertz CT molecular complexity index is 1160. The van der Waals surface area contributed by atoms with Crippen LogP contribution in [0.15, 0.2) is 92.3 Å². The quantitative estimate of drug-likeness (QED) is 0.603. The highest BCUT2D eigenvalue weighted by Crippen LogP contribution is 2.38. The fourth-order valence-electron chi connectivity index (χ4n) is 4.54. The fourth-order valence-corrected chi connectivity index (χ4v) is 4.54. The second-order valence-electron chi connectivity index (χ2n) is 7.96. The molecule has 1 aliphatic heterocycles. The Morgan fingerprint density at radius 2 is 1.72 bits per heavy atom. The van der Waals surface area contributed by atoms with Crippen LogP contribution in [-0.4, -0.2) is 41.0 Å². The second kappa shape index (κ2) is 9.09. The fraction of sp³-hybridized carbons (Fsp3) is 0.185. The van der Waals surface area contributed by atoms with Gasteiger partial charge in [-0.1, -0.05) is 55.1 Å². The number of nitrogens with two attached hydrogens (primary N) is 1. The van der Waals surface area contributed by atoms with Crippen LogP contribution in [0.2, 0.25) is 0 Å². The average molecular weight is 422 g/mol. The van der Waals surface area contributed by atoms with E-state index in [1.54, 1.807) is 12.4 Å². The minimum absolute atomic E-state index is 0.528. The zero-order chi connectivity index (χ0) is 22.6. The number of nitrogens with zero attached hydrogens (tertiary/aromatic N) is 4. The van der Waals surface area contributed by atoms with Crippen molar-refractivity contribution in [1.82, 2.24) is 14.8 Å². The Morgan fingerprint density at radius 1 is 1.00 bits per heavy atom. The molecule has 5 heteroatoms. The van der Waals surface area contributed by atoms with E-state index in [2.05, 4.69) is 52.2 Å². The van der Waals surface area contributed by atoms with Crippen molar-refractivity contribution < 1.29 is 0 Å². The first kappa shape index (κ1) is 21.4. The van der Waals surface area contributed by atoms with Crippen molar-refractivity contribution in [2.45, 2.75) is 5.54 Å². The Labute approximate surface area is 189 Å². The smallest absolute Gasteiger partial charge is 0.0991 e. The summed E-state index contributed by atoms with van der Waals surface area (Å²) in [5, 5.41) is 9.49. The van der Waals surface area contributed by atoms with Gasteiger partial charge in [-0.3, -0.25) is 9.88 Å². The van der Waals surface area contributed by atoms with Gasteiger partial charge in [0.25, 0.3) is 0 Å². The van der Waals surface area contributed by atoms with E-state index < -0.39 is 5.54 Å². The minimum atomic E-state index is -0.528. The number of hydrogen-bond acceptors (Lipinski definition) is 5. The molecule has 2 aromatic carbocycles. The lowest BCUT2D eigenvalue weighted by Crippen LogP contribution is -2.54. The topological polar surface area (TPSA) is 69.2 Å². The maximum absolute atomic E-state index is 9.49. The highest BCUT2D eigenvalue weighted by atomic mass is 15.3. The molecule has 0 unspecified atom stereocenters. The van der Waals surface area contributed by atoms with Crippen LogP contribution < -0.4 is 5.73 Å². The molecule has 0 amide bonds. The molecule has 0 radical (unpaired) electrons. The van der Waals surface area contributed by atoms with Gasteiger partial charge in [-0.2, -0.15) is 5.26 Å². The van der Waals surface area contributed by atoms with Gasteiger partial charge in [-0.25, -0.2) is 0 Å². The predicted octanol–water partition coefficient (Wildman–Crippen LogP) is 4.25. The van der Waals surface area contributed by atoms with Crippen molar-refractivity contribution in [1.29, 1.82) is 5.26 Å². The summed E-state index contributed by atoms with van der Waals surface area (Å²) in [4.78, 5) is 8.91. The second-order valence-corrected chi connectivity index (χ2v) is 7.96. The first-order chi connectivity index (χ1) is 15.6. The van der Waals surface area contributed by atoms with Crippen LogP contribution in [0.25, 0.3) is 5.70 Å². The summed E-state index contributed by atoms with van der Waals surface area (Å²) in [6, 6.07) is 22.4. The van der Waals surface area contributed by atoms with Crippen LogP contribution in [0, 0.1) is 11.3 Å². The van der Waals surface area contributed by atoms with E-state index in [1.165, 1.54) is 0 Å². The van der Waals surface area contributed by atoms with Crippen LogP contribution in [0.5, 0.6) is 0 Å². The van der Waals surface area contributed by atoms with Crippen molar-refractivity contribution in [3.63, 3.8) is 0 Å². The number of aromatic nitrogens is 1. The number of nitriles is 1. The molecule has 32 heavy (non-hydrogen) atoms. The van der Waals surface area contributed by atoms with E-state index in [-0.39, 0.29) is 0 Å². The maximum atomic E-state index is 9.49. The lowest BCUT2D eigenvalue weighted by molar-refractivity contribution is 0.103. The molecular formula is C27H27N5. The average Bonchev–Trinajstić information content (AvgIpc) is 2.86. The van der Waals surface area contributed by atoms with Crippen molar-refractivity contribution in [3.8, 4) is 6.07 Å². The summed E-state index contributed by atoms with van der Waals surface area (Å²) >= 11 is 0. The van der Waals surface area contributed by atoms with Crippen LogP contribution in [0.4, 0.5) is 5.69 Å². The molecule has 1 aliphatic rings. The normalized spacial score (nSPS) is 16.0. The summed E-state index contributed by atoms with van der Waals surface area (Å²) in [6.07, 6.45) is 5.45. The molecule has 1 saturated heterocycles. The molecule has 160 valence electrons. The molecule has 4 rings (SSSR count). The highest BCUT2D eigenvalue weighted by Gasteiger charge is 2.39. The summed E-state index contributed by atoms with van der Waals surface area (Å²) in [5.74, 6) is 0. The monoisotopic (exact) mass is 421 g/mol. The Hall–Kier alpha value is -3.88. The molecule has 0 aliphatic carbocycles. The molecule has 5 nitrogen and oxygen atoms in total. The van der Waals surface area contributed by atoms with Crippen LogP contribution in [0.1, 0.15) is 22.3 Å². The van der Waals surface area contributed by atoms with E-state index in [9.17, 15) is 5.26 Å². The summed E-state index contributed by atoms with van der Waals surface area (Å²) in [5.41, 5.74) is 10.7. The molecule has 3 aromatic rings. The molecule has 0 spiro atoms.